The molecule has 0 saturated carbocycles. The van der Waals surface area contributed by atoms with E-state index >= 15 is 0 Å². The minimum atomic E-state index is -0.0154. The van der Waals surface area contributed by atoms with Gasteiger partial charge in [0.05, 0.1) is 6.54 Å². The maximum atomic E-state index is 5.02. The van der Waals surface area contributed by atoms with Gasteiger partial charge in [0.15, 0.2) is 11.7 Å². The number of allylic oxidation sites excluding steroid dienone is 4. The highest BCUT2D eigenvalue weighted by Crippen LogP contribution is 2.48. The Bertz CT molecular complexity index is 2310. The highest BCUT2D eigenvalue weighted by molar-refractivity contribution is 6.13. The van der Waals surface area contributed by atoms with Gasteiger partial charge in [0.2, 0.25) is 0 Å². The summed E-state index contributed by atoms with van der Waals surface area (Å²) in [4.78, 5) is 14.4. The monoisotopic (exact) mass is 657 g/mol. The fourth-order valence-electron chi connectivity index (χ4n) is 7.32. The van der Waals surface area contributed by atoms with Crippen LogP contribution in [0.15, 0.2) is 190 Å². The van der Waals surface area contributed by atoms with E-state index in [-0.39, 0.29) is 5.41 Å². The van der Waals surface area contributed by atoms with Crippen LogP contribution in [0.4, 0.5) is 0 Å². The Morgan fingerprint density at radius 2 is 1.20 bits per heavy atom. The molecular formula is C48H39N3. The molecular weight excluding hydrogens is 619 g/mol. The number of fused-ring (bicyclic) bond motifs is 3. The first-order valence-corrected chi connectivity index (χ1v) is 17.6. The summed E-state index contributed by atoms with van der Waals surface area (Å²) >= 11 is 0. The zero-order chi connectivity index (χ0) is 34.6. The van der Waals surface area contributed by atoms with E-state index in [2.05, 4.69) is 164 Å². The molecule has 6 aromatic rings. The quantitative estimate of drug-likeness (QED) is 0.121. The van der Waals surface area contributed by atoms with Crippen LogP contribution in [0.3, 0.4) is 0 Å². The lowest BCUT2D eigenvalue weighted by Crippen LogP contribution is -2.21. The van der Waals surface area contributed by atoms with Crippen molar-refractivity contribution in [3.63, 3.8) is 0 Å². The number of aliphatic imine (C=N–C) groups is 3. The van der Waals surface area contributed by atoms with Gasteiger partial charge in [0, 0.05) is 16.5 Å². The van der Waals surface area contributed by atoms with Crippen LogP contribution in [0.1, 0.15) is 46.7 Å². The van der Waals surface area contributed by atoms with Crippen molar-refractivity contribution in [3.05, 3.63) is 209 Å². The second-order valence-electron chi connectivity index (χ2n) is 13.5. The van der Waals surface area contributed by atoms with Crippen LogP contribution in [-0.2, 0) is 18.4 Å². The number of nitrogens with zero attached hydrogens (tertiary/aromatic N) is 3. The molecule has 0 heterocycles. The Balaban J connectivity index is 1.12. The zero-order valence-corrected chi connectivity index (χ0v) is 28.8. The van der Waals surface area contributed by atoms with Gasteiger partial charge in [-0.3, -0.25) is 4.99 Å². The number of rotatable bonds is 7. The molecule has 2 aliphatic carbocycles. The van der Waals surface area contributed by atoms with Gasteiger partial charge in [-0.1, -0.05) is 177 Å². The highest BCUT2D eigenvalue weighted by Gasteiger charge is 2.33. The third-order valence-corrected chi connectivity index (χ3v) is 10.2. The summed E-state index contributed by atoms with van der Waals surface area (Å²) in [6.45, 7) is 6.75. The summed E-state index contributed by atoms with van der Waals surface area (Å²) < 4.78 is 0. The van der Waals surface area contributed by atoms with Gasteiger partial charge in [-0.25, -0.2) is 9.98 Å². The van der Waals surface area contributed by atoms with E-state index in [4.69, 9.17) is 9.98 Å². The molecule has 2 aliphatic rings. The van der Waals surface area contributed by atoms with Gasteiger partial charge in [-0.15, -0.1) is 0 Å². The first kappa shape index (κ1) is 32.0. The lowest BCUT2D eigenvalue weighted by Gasteiger charge is -2.30. The van der Waals surface area contributed by atoms with Crippen molar-refractivity contribution >= 4 is 24.0 Å². The topological polar surface area (TPSA) is 37.1 Å². The molecule has 246 valence electrons. The Morgan fingerprint density at radius 1 is 0.608 bits per heavy atom. The van der Waals surface area contributed by atoms with Crippen LogP contribution in [0.5, 0.6) is 0 Å². The first-order valence-electron chi connectivity index (χ1n) is 17.6. The molecule has 0 amide bonds. The summed E-state index contributed by atoms with van der Waals surface area (Å²) in [5.41, 5.74) is 14.6. The van der Waals surface area contributed by atoms with E-state index in [0.717, 1.165) is 35.1 Å². The van der Waals surface area contributed by atoms with Crippen LogP contribution in [0.25, 0.3) is 27.8 Å². The van der Waals surface area contributed by atoms with Crippen LogP contribution in [-0.4, -0.2) is 18.4 Å². The van der Waals surface area contributed by atoms with Crippen LogP contribution >= 0.6 is 0 Å². The second-order valence-corrected chi connectivity index (χ2v) is 13.5. The van der Waals surface area contributed by atoms with E-state index in [0.29, 0.717) is 18.2 Å². The number of benzene rings is 6. The lowest BCUT2D eigenvalue weighted by atomic mass is 9.74. The minimum Gasteiger partial charge on any atom is -0.261 e. The highest BCUT2D eigenvalue weighted by atomic mass is 15.0. The third kappa shape index (κ3) is 6.59. The molecule has 1 atom stereocenters. The van der Waals surface area contributed by atoms with Crippen molar-refractivity contribution in [1.82, 2.24) is 0 Å². The maximum Gasteiger partial charge on any atom is 0.161 e. The van der Waals surface area contributed by atoms with Gasteiger partial charge >= 0.3 is 0 Å². The molecule has 3 nitrogen and oxygen atoms in total. The summed E-state index contributed by atoms with van der Waals surface area (Å²) in [7, 11) is 0. The first-order chi connectivity index (χ1) is 25.1. The molecule has 0 spiro atoms. The normalized spacial score (nSPS) is 16.9. The average molecular weight is 658 g/mol. The molecule has 0 bridgehead atoms. The average Bonchev–Trinajstić information content (AvgIpc) is 3.57. The van der Waals surface area contributed by atoms with E-state index in [1.165, 1.54) is 44.5 Å². The van der Waals surface area contributed by atoms with Crippen molar-refractivity contribution in [3.8, 4) is 22.3 Å². The molecule has 1 unspecified atom stereocenters. The molecule has 6 aromatic carbocycles. The lowest BCUT2D eigenvalue weighted by molar-refractivity contribution is 0.599. The minimum absolute atomic E-state index is 0.0154. The van der Waals surface area contributed by atoms with E-state index < -0.39 is 0 Å². The predicted molar refractivity (Wildman–Crippen MR) is 215 cm³/mol. The largest absolute Gasteiger partial charge is 0.261 e. The summed E-state index contributed by atoms with van der Waals surface area (Å²) in [6.07, 6.45) is 6.93. The van der Waals surface area contributed by atoms with Gasteiger partial charge in [-0.05, 0) is 75.2 Å². The van der Waals surface area contributed by atoms with Crippen LogP contribution in [0.2, 0.25) is 0 Å². The SMILES string of the molecule is C=NC(=NC(=NCc1ccccc1)c1ccc(-c2cccc3c2CC2=CCC(C)(c4ccccc4)C=C23)cc1)c1ccc(-c2ccccc2)cc1. The standard InChI is InChI=1S/C48H39N3/c1-48(41-17-10-5-11-18-41)30-29-40-31-44-42(19-12-20-43(44)45(40)32-48)37-23-27-39(28-24-37)47(50-33-34-13-6-3-7-14-34)51-46(49-2)38-25-21-36(22-26-38)35-15-8-4-9-16-35/h3-29,32H,2,30-31,33H2,1H3. The van der Waals surface area contributed by atoms with Gasteiger partial charge in [-0.2, -0.15) is 0 Å². The Hall–Kier alpha value is -6.19. The van der Waals surface area contributed by atoms with Gasteiger partial charge in [0.25, 0.3) is 0 Å². The van der Waals surface area contributed by atoms with Crippen LogP contribution < -0.4 is 0 Å². The number of amidine groups is 2. The summed E-state index contributed by atoms with van der Waals surface area (Å²) in [6, 6.07) is 55.2. The zero-order valence-electron chi connectivity index (χ0n) is 28.8. The Labute approximate surface area is 300 Å². The molecule has 0 fully saturated rings. The fraction of sp³-hybridized carbons (Fsp3) is 0.104. The smallest absolute Gasteiger partial charge is 0.161 e. The second kappa shape index (κ2) is 14.0. The van der Waals surface area contributed by atoms with E-state index in [1.807, 2.05) is 24.3 Å². The fourth-order valence-corrected chi connectivity index (χ4v) is 7.32. The van der Waals surface area contributed by atoms with Gasteiger partial charge < -0.3 is 0 Å². The molecule has 0 radical (unpaired) electrons. The van der Waals surface area contributed by atoms with Crippen molar-refractivity contribution in [2.75, 3.05) is 0 Å². The number of hydrogen-bond donors (Lipinski definition) is 0. The molecule has 51 heavy (non-hydrogen) atoms. The Kier molecular flexibility index (Phi) is 8.78. The van der Waals surface area contributed by atoms with E-state index in [1.54, 1.807) is 0 Å². The maximum absolute atomic E-state index is 5.02. The third-order valence-electron chi connectivity index (χ3n) is 10.2. The molecule has 0 N–H and O–H groups in total. The molecule has 0 saturated heterocycles. The summed E-state index contributed by atoms with van der Waals surface area (Å²) in [5, 5.41) is 0. The van der Waals surface area contributed by atoms with Crippen LogP contribution in [0, 0.1) is 0 Å². The predicted octanol–water partition coefficient (Wildman–Crippen LogP) is 11.3. The Morgan fingerprint density at radius 3 is 1.88 bits per heavy atom. The molecule has 0 aliphatic heterocycles. The molecule has 8 rings (SSSR count). The van der Waals surface area contributed by atoms with Crippen molar-refractivity contribution in [2.45, 2.75) is 31.7 Å². The van der Waals surface area contributed by atoms with Gasteiger partial charge in [0.1, 0.15) is 0 Å². The summed E-state index contributed by atoms with van der Waals surface area (Å²) in [5.74, 6) is 1.16. The van der Waals surface area contributed by atoms with E-state index in [9.17, 15) is 0 Å². The van der Waals surface area contributed by atoms with Crippen molar-refractivity contribution in [2.24, 2.45) is 15.0 Å². The van der Waals surface area contributed by atoms with Crippen molar-refractivity contribution in [1.29, 1.82) is 0 Å². The van der Waals surface area contributed by atoms with Crippen molar-refractivity contribution < 1.29 is 0 Å². The number of hydrogen-bond acceptors (Lipinski definition) is 1. The molecule has 0 aromatic heterocycles. The molecule has 3 heteroatoms.